The number of sulfonamides is 1. The summed E-state index contributed by atoms with van der Waals surface area (Å²) < 4.78 is 44.8. The number of urea groups is 1. The number of nitrogens with zero attached hydrogens (tertiary/aromatic N) is 3. The zero-order valence-electron chi connectivity index (χ0n) is 16.4. The summed E-state index contributed by atoms with van der Waals surface area (Å²) in [5.41, 5.74) is 0.384. The summed E-state index contributed by atoms with van der Waals surface area (Å²) in [6, 6.07) is 11.5. The quantitative estimate of drug-likeness (QED) is 0.613. The molecule has 1 heterocycles. The number of ether oxygens (including phenoxy) is 1. The number of anilines is 2. The zero-order chi connectivity index (χ0) is 21.9. The number of carbonyl (C=O) groups excluding carboxylic acids is 1. The molecule has 1 aromatic heterocycles. The van der Waals surface area contributed by atoms with Crippen molar-refractivity contribution >= 4 is 38.2 Å². The summed E-state index contributed by atoms with van der Waals surface area (Å²) >= 11 is 1.03. The highest BCUT2D eigenvalue weighted by molar-refractivity contribution is 7.89. The van der Waals surface area contributed by atoms with Crippen molar-refractivity contribution in [3.8, 4) is 10.8 Å². The van der Waals surface area contributed by atoms with E-state index in [1.807, 2.05) is 0 Å². The topological polar surface area (TPSA) is 91.8 Å². The number of rotatable bonds is 6. The molecule has 158 valence electrons. The standard InChI is InChI=1S/C19H19FN4O4S2/c1-23(2)30(26,27)14-8-6-7-13(11-14)24(3)19(25)22-18-21-12-17(29-18)28-16-10-5-4-9-15(16)20/h4-12H,1-3H3,(H,21,22,25). The van der Waals surface area contributed by atoms with Gasteiger partial charge in [0.1, 0.15) is 0 Å². The highest BCUT2D eigenvalue weighted by atomic mass is 32.2. The average Bonchev–Trinajstić information content (AvgIpc) is 3.15. The molecule has 0 atom stereocenters. The van der Waals surface area contributed by atoms with Crippen molar-refractivity contribution in [2.45, 2.75) is 4.90 Å². The highest BCUT2D eigenvalue weighted by Crippen LogP contribution is 2.31. The second-order valence-corrected chi connectivity index (χ2v) is 9.44. The van der Waals surface area contributed by atoms with Crippen molar-refractivity contribution in [3.63, 3.8) is 0 Å². The van der Waals surface area contributed by atoms with Crippen LogP contribution in [0.2, 0.25) is 0 Å². The minimum Gasteiger partial charge on any atom is -0.442 e. The van der Waals surface area contributed by atoms with Gasteiger partial charge in [-0.3, -0.25) is 10.2 Å². The second kappa shape index (κ2) is 8.78. The van der Waals surface area contributed by atoms with Gasteiger partial charge < -0.3 is 4.74 Å². The fourth-order valence-electron chi connectivity index (χ4n) is 2.36. The summed E-state index contributed by atoms with van der Waals surface area (Å²) in [4.78, 5) is 17.9. The van der Waals surface area contributed by atoms with E-state index in [4.69, 9.17) is 4.74 Å². The van der Waals surface area contributed by atoms with Crippen LogP contribution in [0.15, 0.2) is 59.6 Å². The Balaban J connectivity index is 1.71. The molecule has 0 saturated carbocycles. The number of thiazole rings is 1. The van der Waals surface area contributed by atoms with Crippen molar-refractivity contribution in [3.05, 3.63) is 60.5 Å². The van der Waals surface area contributed by atoms with Gasteiger partial charge in [0.2, 0.25) is 15.1 Å². The molecular weight excluding hydrogens is 431 g/mol. The molecule has 0 unspecified atom stereocenters. The van der Waals surface area contributed by atoms with Crippen molar-refractivity contribution < 1.29 is 22.3 Å². The molecule has 0 spiro atoms. The molecule has 2 amide bonds. The number of benzene rings is 2. The maximum absolute atomic E-state index is 13.7. The van der Waals surface area contributed by atoms with Gasteiger partial charge in [-0.25, -0.2) is 26.9 Å². The lowest BCUT2D eigenvalue weighted by Crippen LogP contribution is -2.31. The van der Waals surface area contributed by atoms with Crippen LogP contribution >= 0.6 is 11.3 Å². The Kier molecular flexibility index (Phi) is 6.34. The number of halogens is 1. The first-order valence-electron chi connectivity index (χ1n) is 8.64. The summed E-state index contributed by atoms with van der Waals surface area (Å²) in [7, 11) is 0.736. The molecule has 3 rings (SSSR count). The highest BCUT2D eigenvalue weighted by Gasteiger charge is 2.20. The third-order valence-electron chi connectivity index (χ3n) is 4.03. The van der Waals surface area contributed by atoms with Crippen LogP contribution in [-0.4, -0.2) is 44.9 Å². The monoisotopic (exact) mass is 450 g/mol. The van der Waals surface area contributed by atoms with Crippen molar-refractivity contribution in [2.24, 2.45) is 0 Å². The van der Waals surface area contributed by atoms with E-state index >= 15 is 0 Å². The number of hydrogen-bond donors (Lipinski definition) is 1. The van der Waals surface area contributed by atoms with Crippen LogP contribution in [0, 0.1) is 5.82 Å². The van der Waals surface area contributed by atoms with E-state index in [-0.39, 0.29) is 15.8 Å². The Bertz CT molecular complexity index is 1160. The van der Waals surface area contributed by atoms with Crippen LogP contribution in [0.5, 0.6) is 10.8 Å². The van der Waals surface area contributed by atoms with Crippen LogP contribution in [0.25, 0.3) is 0 Å². The normalized spacial score (nSPS) is 11.4. The fourth-order valence-corrected chi connectivity index (χ4v) is 3.97. The van der Waals surface area contributed by atoms with Crippen molar-refractivity contribution in [2.75, 3.05) is 31.4 Å². The Morgan fingerprint density at radius 3 is 2.57 bits per heavy atom. The van der Waals surface area contributed by atoms with Crippen molar-refractivity contribution in [1.29, 1.82) is 0 Å². The minimum absolute atomic E-state index is 0.0510. The molecule has 8 nitrogen and oxygen atoms in total. The summed E-state index contributed by atoms with van der Waals surface area (Å²) in [6.07, 6.45) is 1.37. The number of amides is 2. The number of hydrogen-bond acceptors (Lipinski definition) is 6. The Hall–Kier alpha value is -3.02. The van der Waals surface area contributed by atoms with Crippen LogP contribution in [0.3, 0.4) is 0 Å². The molecule has 0 radical (unpaired) electrons. The average molecular weight is 451 g/mol. The van der Waals surface area contributed by atoms with Gasteiger partial charge in [-0.05, 0) is 30.3 Å². The molecule has 1 N–H and O–H groups in total. The van der Waals surface area contributed by atoms with E-state index in [2.05, 4.69) is 10.3 Å². The predicted octanol–water partition coefficient (Wildman–Crippen LogP) is 3.99. The smallest absolute Gasteiger partial charge is 0.327 e. The van der Waals surface area contributed by atoms with Gasteiger partial charge in [-0.2, -0.15) is 0 Å². The summed E-state index contributed by atoms with van der Waals surface area (Å²) in [5.74, 6) is -0.459. The van der Waals surface area contributed by atoms with Gasteiger partial charge in [0, 0.05) is 26.8 Å². The number of nitrogens with one attached hydrogen (secondary N) is 1. The molecule has 0 aliphatic carbocycles. The molecule has 0 aliphatic rings. The van der Waals surface area contributed by atoms with E-state index in [9.17, 15) is 17.6 Å². The van der Waals surface area contributed by atoms with Crippen LogP contribution in [0.4, 0.5) is 20.0 Å². The van der Waals surface area contributed by atoms with Gasteiger partial charge in [0.05, 0.1) is 11.1 Å². The first-order chi connectivity index (χ1) is 14.2. The summed E-state index contributed by atoms with van der Waals surface area (Å²) in [6.45, 7) is 0. The van der Waals surface area contributed by atoms with E-state index < -0.39 is 21.9 Å². The van der Waals surface area contributed by atoms with Gasteiger partial charge in [-0.1, -0.05) is 29.5 Å². The Labute approximate surface area is 177 Å². The zero-order valence-corrected chi connectivity index (χ0v) is 18.0. The number of para-hydroxylation sites is 1. The van der Waals surface area contributed by atoms with E-state index in [0.29, 0.717) is 10.8 Å². The Morgan fingerprint density at radius 2 is 1.87 bits per heavy atom. The molecule has 30 heavy (non-hydrogen) atoms. The molecule has 0 bridgehead atoms. The maximum Gasteiger partial charge on any atom is 0.327 e. The molecular formula is C19H19FN4O4S2. The molecule has 3 aromatic rings. The first kappa shape index (κ1) is 21.7. The summed E-state index contributed by atoms with van der Waals surface area (Å²) in [5, 5.41) is 3.15. The van der Waals surface area contributed by atoms with Crippen molar-refractivity contribution in [1.82, 2.24) is 9.29 Å². The molecule has 0 aliphatic heterocycles. The third-order valence-corrected chi connectivity index (χ3v) is 6.64. The fraction of sp³-hybridized carbons (Fsp3) is 0.158. The molecule has 0 saturated heterocycles. The lowest BCUT2D eigenvalue weighted by molar-refractivity contribution is 0.258. The van der Waals surface area contributed by atoms with Gasteiger partial charge >= 0.3 is 6.03 Å². The number of carbonyl (C=O) groups is 1. The third kappa shape index (κ3) is 4.75. The number of aromatic nitrogens is 1. The Morgan fingerprint density at radius 1 is 1.13 bits per heavy atom. The second-order valence-electron chi connectivity index (χ2n) is 6.29. The molecule has 11 heteroatoms. The lowest BCUT2D eigenvalue weighted by Gasteiger charge is -2.19. The molecule has 2 aromatic carbocycles. The predicted molar refractivity (Wildman–Crippen MR) is 113 cm³/mol. The lowest BCUT2D eigenvalue weighted by atomic mass is 10.3. The SMILES string of the molecule is CN(C(=O)Nc1ncc(Oc2ccccc2F)s1)c1cccc(S(=O)(=O)N(C)C)c1. The van der Waals surface area contributed by atoms with Gasteiger partial charge in [0.25, 0.3) is 0 Å². The minimum atomic E-state index is -3.63. The van der Waals surface area contributed by atoms with Crippen LogP contribution in [0.1, 0.15) is 0 Å². The maximum atomic E-state index is 13.7. The largest absolute Gasteiger partial charge is 0.442 e. The van der Waals surface area contributed by atoms with E-state index in [0.717, 1.165) is 15.6 Å². The van der Waals surface area contributed by atoms with Crippen LogP contribution < -0.4 is 15.0 Å². The first-order valence-corrected chi connectivity index (χ1v) is 10.9. The van der Waals surface area contributed by atoms with Crippen LogP contribution in [-0.2, 0) is 10.0 Å². The van der Waals surface area contributed by atoms with E-state index in [1.54, 1.807) is 24.3 Å². The molecule has 0 fully saturated rings. The van der Waals surface area contributed by atoms with E-state index in [1.165, 1.54) is 56.5 Å². The van der Waals surface area contributed by atoms with Gasteiger partial charge in [-0.15, -0.1) is 0 Å². The van der Waals surface area contributed by atoms with Gasteiger partial charge in [0.15, 0.2) is 16.7 Å².